The minimum absolute atomic E-state index is 0.0191. The Balaban J connectivity index is 1.56. The molecule has 1 amide bonds. The lowest BCUT2D eigenvalue weighted by Crippen LogP contribution is -2.27. The van der Waals surface area contributed by atoms with Crippen LogP contribution in [0.3, 0.4) is 0 Å². The number of fused-ring (bicyclic) bond motifs is 1. The Hall–Kier alpha value is -3.07. The normalized spacial score (nSPS) is 16.2. The number of benzene rings is 2. The number of halogens is 3. The van der Waals surface area contributed by atoms with Gasteiger partial charge >= 0.3 is 6.30 Å². The molecule has 2 aromatic rings. The summed E-state index contributed by atoms with van der Waals surface area (Å²) in [4.78, 5) is 15.1. The van der Waals surface area contributed by atoms with Crippen LogP contribution in [0.2, 0.25) is 0 Å². The fourth-order valence-electron chi connectivity index (χ4n) is 3.50. The van der Waals surface area contributed by atoms with E-state index in [1.165, 1.54) is 25.3 Å². The van der Waals surface area contributed by atoms with Crippen LogP contribution in [0.4, 0.5) is 18.9 Å². The molecule has 0 radical (unpaired) electrons. The second-order valence-electron chi connectivity index (χ2n) is 7.00. The number of anilines is 1. The Morgan fingerprint density at radius 3 is 2.72 bits per heavy atom. The Bertz CT molecular complexity index is 1000. The second-order valence-corrected chi connectivity index (χ2v) is 7.00. The Morgan fingerprint density at radius 1 is 1.24 bits per heavy atom. The smallest absolute Gasteiger partial charge is 0.496 e. The van der Waals surface area contributed by atoms with E-state index in [9.17, 15) is 18.0 Å². The van der Waals surface area contributed by atoms with Crippen molar-refractivity contribution in [3.8, 4) is 5.75 Å². The monoisotopic (exact) mass is 404 g/mol. The first-order valence-corrected chi connectivity index (χ1v) is 9.02. The molecular formula is C20H19F3N4O2. The molecule has 0 spiro atoms. The van der Waals surface area contributed by atoms with Gasteiger partial charge in [0.25, 0.3) is 5.91 Å². The van der Waals surface area contributed by atoms with Crippen LogP contribution in [-0.4, -0.2) is 48.7 Å². The maximum atomic E-state index is 12.8. The third kappa shape index (κ3) is 3.77. The molecule has 2 aromatic carbocycles. The predicted octanol–water partition coefficient (Wildman–Crippen LogP) is 3.43. The van der Waals surface area contributed by atoms with Crippen LogP contribution >= 0.6 is 0 Å². The summed E-state index contributed by atoms with van der Waals surface area (Å²) in [5.74, 6) is -0.406. The molecule has 0 saturated heterocycles. The van der Waals surface area contributed by atoms with Gasteiger partial charge in [-0.1, -0.05) is 18.2 Å². The number of hydrogen-bond acceptors (Lipinski definition) is 5. The van der Waals surface area contributed by atoms with Crippen LogP contribution in [0.1, 0.15) is 27.0 Å². The Kier molecular flexibility index (Phi) is 4.70. The summed E-state index contributed by atoms with van der Waals surface area (Å²) in [5, 5.41) is 6.23. The van der Waals surface area contributed by atoms with Crippen molar-refractivity contribution >= 4 is 17.4 Å². The molecule has 2 aliphatic rings. The number of methoxy groups -OCH3 is 1. The van der Waals surface area contributed by atoms with E-state index in [4.69, 9.17) is 4.74 Å². The number of amidine groups is 1. The van der Waals surface area contributed by atoms with Gasteiger partial charge in [-0.25, -0.2) is 0 Å². The fourth-order valence-corrected chi connectivity index (χ4v) is 3.50. The topological polar surface area (TPSA) is 56.9 Å². The second kappa shape index (κ2) is 7.07. The number of rotatable bonds is 4. The molecule has 0 unspecified atom stereocenters. The lowest BCUT2D eigenvalue weighted by atomic mass is 9.98. The van der Waals surface area contributed by atoms with Gasteiger partial charge in [-0.15, -0.1) is 23.3 Å². The van der Waals surface area contributed by atoms with Gasteiger partial charge in [-0.2, -0.15) is 0 Å². The van der Waals surface area contributed by atoms with E-state index in [1.54, 1.807) is 0 Å². The lowest BCUT2D eigenvalue weighted by Gasteiger charge is -2.26. The van der Waals surface area contributed by atoms with E-state index in [0.29, 0.717) is 0 Å². The third-order valence-corrected chi connectivity index (χ3v) is 5.01. The molecule has 0 bridgehead atoms. The van der Waals surface area contributed by atoms with Crippen LogP contribution in [0.5, 0.6) is 5.75 Å². The summed E-state index contributed by atoms with van der Waals surface area (Å²) >= 11 is 0. The van der Waals surface area contributed by atoms with Gasteiger partial charge in [-0.3, -0.25) is 4.79 Å². The quantitative estimate of drug-likeness (QED) is 0.794. The zero-order valence-electron chi connectivity index (χ0n) is 15.9. The van der Waals surface area contributed by atoms with E-state index in [2.05, 4.69) is 15.3 Å². The van der Waals surface area contributed by atoms with Gasteiger partial charge in [0, 0.05) is 24.3 Å². The minimum Gasteiger partial charge on any atom is -0.496 e. The van der Waals surface area contributed by atoms with Crippen LogP contribution in [0, 0.1) is 0 Å². The van der Waals surface area contributed by atoms with Crippen molar-refractivity contribution < 1.29 is 22.7 Å². The van der Waals surface area contributed by atoms with Gasteiger partial charge in [0.1, 0.15) is 5.75 Å². The van der Waals surface area contributed by atoms with Crippen molar-refractivity contribution in [3.05, 3.63) is 58.7 Å². The predicted molar refractivity (Wildman–Crippen MR) is 102 cm³/mol. The van der Waals surface area contributed by atoms with Gasteiger partial charge in [0.2, 0.25) is 0 Å². The van der Waals surface area contributed by atoms with Crippen LogP contribution in [0.25, 0.3) is 0 Å². The number of nitrogens with one attached hydrogen (secondary N) is 1. The van der Waals surface area contributed by atoms with E-state index in [-0.39, 0.29) is 33.6 Å². The fraction of sp³-hybridized carbons (Fsp3) is 0.300. The summed E-state index contributed by atoms with van der Waals surface area (Å²) in [5.41, 5.74) is 3.47. The van der Waals surface area contributed by atoms with Crippen molar-refractivity contribution in [3.63, 3.8) is 0 Å². The maximum absolute atomic E-state index is 12.8. The molecule has 0 saturated carbocycles. The summed E-state index contributed by atoms with van der Waals surface area (Å²) in [6.45, 7) is 1.71. The first-order chi connectivity index (χ1) is 13.8. The standard InChI is InChI=1S/C20H19F3N4O2/c1-26-9-8-14-13(11-26)4-3-5-16(14)24-19(28)15-7-6-12(10-17(15)29-2)18-25-27(18)20(21,22)23/h3-7,10H,8-9,11H2,1-2H3,(H,24,28). The van der Waals surface area contributed by atoms with Gasteiger partial charge in [0.05, 0.1) is 12.7 Å². The summed E-state index contributed by atoms with van der Waals surface area (Å²) in [6.07, 6.45) is -3.73. The molecule has 4 rings (SSSR count). The van der Waals surface area contributed by atoms with Crippen LogP contribution < -0.4 is 10.1 Å². The lowest BCUT2D eigenvalue weighted by molar-refractivity contribution is -0.201. The molecule has 6 nitrogen and oxygen atoms in total. The number of carbonyl (C=O) groups is 1. The first-order valence-electron chi connectivity index (χ1n) is 9.02. The molecule has 2 aliphatic heterocycles. The highest BCUT2D eigenvalue weighted by Crippen LogP contribution is 2.34. The number of carbonyl (C=O) groups excluding carboxylic acids is 1. The number of alkyl halides is 3. The molecular weight excluding hydrogens is 385 g/mol. The highest BCUT2D eigenvalue weighted by Gasteiger charge is 2.48. The molecule has 9 heteroatoms. The number of amides is 1. The molecule has 152 valence electrons. The number of nitrogens with zero attached hydrogens (tertiary/aromatic N) is 3. The molecule has 0 atom stereocenters. The maximum Gasteiger partial charge on any atom is 0.506 e. The first kappa shape index (κ1) is 19.3. The summed E-state index contributed by atoms with van der Waals surface area (Å²) in [6, 6.07) is 10.0. The highest BCUT2D eigenvalue weighted by molar-refractivity contribution is 6.09. The van der Waals surface area contributed by atoms with E-state index < -0.39 is 6.30 Å². The average molecular weight is 404 g/mol. The molecule has 2 heterocycles. The van der Waals surface area contributed by atoms with Crippen molar-refractivity contribution in [2.24, 2.45) is 5.10 Å². The molecule has 0 aliphatic carbocycles. The van der Waals surface area contributed by atoms with Gasteiger partial charge in [0.15, 0.2) is 5.84 Å². The molecule has 29 heavy (non-hydrogen) atoms. The third-order valence-electron chi connectivity index (χ3n) is 5.01. The SMILES string of the molecule is COc1cc(C2=NN2C(F)(F)F)ccc1C(=O)Nc1cccc2c1CCN(C)C2. The van der Waals surface area contributed by atoms with E-state index >= 15 is 0 Å². The van der Waals surface area contributed by atoms with E-state index in [1.807, 2.05) is 25.2 Å². The van der Waals surface area contributed by atoms with Crippen molar-refractivity contribution in [2.75, 3.05) is 26.0 Å². The van der Waals surface area contributed by atoms with Gasteiger partial charge in [-0.05, 0) is 42.8 Å². The zero-order valence-corrected chi connectivity index (χ0v) is 15.9. The Labute approximate surface area is 165 Å². The van der Waals surface area contributed by atoms with Crippen molar-refractivity contribution in [1.29, 1.82) is 0 Å². The summed E-state index contributed by atoms with van der Waals surface area (Å²) in [7, 11) is 3.41. The highest BCUT2D eigenvalue weighted by atomic mass is 19.4. The van der Waals surface area contributed by atoms with E-state index in [0.717, 1.165) is 36.3 Å². The van der Waals surface area contributed by atoms with Crippen LogP contribution in [0.15, 0.2) is 41.5 Å². The number of hydrogen-bond donors (Lipinski definition) is 1. The largest absolute Gasteiger partial charge is 0.506 e. The average Bonchev–Trinajstić information content (AvgIpc) is 3.48. The van der Waals surface area contributed by atoms with Crippen molar-refractivity contribution in [2.45, 2.75) is 19.3 Å². The minimum atomic E-state index is -4.56. The number of likely N-dealkylation sites (N-methyl/N-ethyl adjacent to an activating group) is 1. The molecule has 1 N–H and O–H groups in total. The summed E-state index contributed by atoms with van der Waals surface area (Å²) < 4.78 is 43.3. The number of hydrazone groups is 1. The number of ether oxygens (including phenoxy) is 1. The Morgan fingerprint density at radius 2 is 2.03 bits per heavy atom. The van der Waals surface area contributed by atoms with Gasteiger partial charge < -0.3 is 15.0 Å². The van der Waals surface area contributed by atoms with Crippen molar-refractivity contribution in [1.82, 2.24) is 9.91 Å². The molecule has 0 aromatic heterocycles. The van der Waals surface area contributed by atoms with Crippen LogP contribution in [-0.2, 0) is 13.0 Å². The zero-order chi connectivity index (χ0) is 20.8. The molecule has 0 fully saturated rings.